The van der Waals surface area contributed by atoms with Gasteiger partial charge in [-0.1, -0.05) is 23.2 Å². The second-order valence-electron chi connectivity index (χ2n) is 5.55. The number of hydrogen-bond acceptors (Lipinski definition) is 3. The molecule has 1 aliphatic heterocycles. The van der Waals surface area contributed by atoms with Crippen LogP contribution in [0.3, 0.4) is 0 Å². The second kappa shape index (κ2) is 7.90. The average Bonchev–Trinajstić information content (AvgIpc) is 3.00. The van der Waals surface area contributed by atoms with Gasteiger partial charge in [0, 0.05) is 25.7 Å². The molecule has 1 aromatic carbocycles. The van der Waals surface area contributed by atoms with Crippen LogP contribution in [-0.2, 0) is 0 Å². The Morgan fingerprint density at radius 2 is 1.86 bits per heavy atom. The molecule has 5 nitrogen and oxygen atoms in total. The molecule has 1 fully saturated rings. The molecule has 7 heteroatoms. The normalized spacial score (nSPS) is 14.5. The standard InChI is InChI=1S/C15H21Cl2N3O2/c1-18(2)9-10-20(15(21)19-7-3-4-8-19)22-12-5-6-13(16)14(17)11-12/h5-6,11H,3-4,7-10H2,1-2H3. The average molecular weight is 346 g/mol. The largest absolute Gasteiger partial charge is 0.375 e. The highest BCUT2D eigenvalue weighted by atomic mass is 35.5. The first-order chi connectivity index (χ1) is 10.5. The van der Waals surface area contributed by atoms with Crippen molar-refractivity contribution in [2.75, 3.05) is 40.3 Å². The van der Waals surface area contributed by atoms with Gasteiger partial charge in [-0.2, -0.15) is 5.06 Å². The van der Waals surface area contributed by atoms with Crippen LogP contribution in [0.2, 0.25) is 10.0 Å². The first kappa shape index (κ1) is 17.2. The quantitative estimate of drug-likeness (QED) is 0.767. The molecule has 0 radical (unpaired) electrons. The number of hydrogen-bond donors (Lipinski definition) is 0. The number of amides is 2. The lowest BCUT2D eigenvalue weighted by atomic mass is 10.3. The maximum absolute atomic E-state index is 12.6. The van der Waals surface area contributed by atoms with Gasteiger partial charge >= 0.3 is 6.03 Å². The van der Waals surface area contributed by atoms with E-state index in [1.807, 2.05) is 23.9 Å². The van der Waals surface area contributed by atoms with Crippen LogP contribution >= 0.6 is 23.2 Å². The Bertz CT molecular complexity index is 520. The summed E-state index contributed by atoms with van der Waals surface area (Å²) >= 11 is 11.9. The SMILES string of the molecule is CN(C)CCN(Oc1ccc(Cl)c(Cl)c1)C(=O)N1CCCC1. The number of carbonyl (C=O) groups is 1. The number of hydroxylamine groups is 2. The van der Waals surface area contributed by atoms with Crippen molar-refractivity contribution in [3.63, 3.8) is 0 Å². The van der Waals surface area contributed by atoms with Crippen LogP contribution in [-0.4, -0.2) is 61.2 Å². The lowest BCUT2D eigenvalue weighted by molar-refractivity contribution is -0.0294. The molecule has 0 aromatic heterocycles. The smallest absolute Gasteiger partial charge is 0.353 e. The Labute approximate surface area is 141 Å². The van der Waals surface area contributed by atoms with Crippen molar-refractivity contribution in [1.29, 1.82) is 0 Å². The minimum atomic E-state index is -0.106. The van der Waals surface area contributed by atoms with Crippen LogP contribution in [0.15, 0.2) is 18.2 Å². The molecule has 0 aliphatic carbocycles. The van der Waals surface area contributed by atoms with E-state index in [0.29, 0.717) is 28.9 Å². The fourth-order valence-corrected chi connectivity index (χ4v) is 2.49. The van der Waals surface area contributed by atoms with E-state index in [-0.39, 0.29) is 6.03 Å². The van der Waals surface area contributed by atoms with Gasteiger partial charge in [0.2, 0.25) is 0 Å². The van der Waals surface area contributed by atoms with Crippen LogP contribution in [0, 0.1) is 0 Å². The summed E-state index contributed by atoms with van der Waals surface area (Å²) in [5.41, 5.74) is 0. The van der Waals surface area contributed by atoms with Crippen molar-refractivity contribution in [3.8, 4) is 5.75 Å². The summed E-state index contributed by atoms with van der Waals surface area (Å²) in [5.74, 6) is 0.501. The van der Waals surface area contributed by atoms with E-state index < -0.39 is 0 Å². The van der Waals surface area contributed by atoms with Crippen LogP contribution < -0.4 is 4.84 Å². The van der Waals surface area contributed by atoms with Gasteiger partial charge in [0.25, 0.3) is 0 Å². The number of likely N-dealkylation sites (tertiary alicyclic amines) is 1. The molecule has 0 N–H and O–H groups in total. The molecule has 0 unspecified atom stereocenters. The van der Waals surface area contributed by atoms with Crippen LogP contribution in [0.5, 0.6) is 5.75 Å². The summed E-state index contributed by atoms with van der Waals surface area (Å²) in [5, 5.41) is 2.25. The fraction of sp³-hybridized carbons (Fsp3) is 0.533. The molecule has 1 saturated heterocycles. The molecule has 122 valence electrons. The molecule has 0 spiro atoms. The van der Waals surface area contributed by atoms with Crippen molar-refractivity contribution in [2.24, 2.45) is 0 Å². The Kier molecular flexibility index (Phi) is 6.17. The number of likely N-dealkylation sites (N-methyl/N-ethyl adjacent to an activating group) is 1. The molecule has 1 aromatic rings. The molecular weight excluding hydrogens is 325 g/mol. The highest BCUT2D eigenvalue weighted by molar-refractivity contribution is 6.42. The third kappa shape index (κ3) is 4.66. The van der Waals surface area contributed by atoms with Crippen molar-refractivity contribution < 1.29 is 9.63 Å². The Balaban J connectivity index is 2.08. The van der Waals surface area contributed by atoms with Gasteiger partial charge in [-0.25, -0.2) is 4.79 Å². The lowest BCUT2D eigenvalue weighted by Crippen LogP contribution is -2.46. The van der Waals surface area contributed by atoms with Gasteiger partial charge in [0.1, 0.15) is 0 Å². The van der Waals surface area contributed by atoms with E-state index in [1.165, 1.54) is 5.06 Å². The van der Waals surface area contributed by atoms with Crippen molar-refractivity contribution in [3.05, 3.63) is 28.2 Å². The molecule has 0 atom stereocenters. The first-order valence-electron chi connectivity index (χ1n) is 7.31. The maximum atomic E-state index is 12.6. The topological polar surface area (TPSA) is 36.0 Å². The van der Waals surface area contributed by atoms with Crippen LogP contribution in [0.4, 0.5) is 4.79 Å². The molecular formula is C15H21Cl2N3O2. The zero-order chi connectivity index (χ0) is 16.1. The van der Waals surface area contributed by atoms with Gasteiger partial charge in [-0.05, 0) is 39.1 Å². The zero-order valence-electron chi connectivity index (χ0n) is 12.9. The zero-order valence-corrected chi connectivity index (χ0v) is 14.4. The van der Waals surface area contributed by atoms with E-state index >= 15 is 0 Å². The predicted octanol–water partition coefficient (Wildman–Crippen LogP) is 3.37. The summed E-state index contributed by atoms with van der Waals surface area (Å²) in [6.07, 6.45) is 2.08. The monoisotopic (exact) mass is 345 g/mol. The fourth-order valence-electron chi connectivity index (χ4n) is 2.20. The second-order valence-corrected chi connectivity index (χ2v) is 6.36. The van der Waals surface area contributed by atoms with Crippen LogP contribution in [0.1, 0.15) is 12.8 Å². The number of urea groups is 1. The van der Waals surface area contributed by atoms with Crippen molar-refractivity contribution >= 4 is 29.2 Å². The minimum Gasteiger partial charge on any atom is -0.375 e. The summed E-state index contributed by atoms with van der Waals surface area (Å²) < 4.78 is 0. The molecule has 0 saturated carbocycles. The van der Waals surface area contributed by atoms with Crippen molar-refractivity contribution in [1.82, 2.24) is 14.9 Å². The number of nitrogens with zero attached hydrogens (tertiary/aromatic N) is 3. The van der Waals surface area contributed by atoms with E-state index in [0.717, 1.165) is 25.9 Å². The number of carbonyl (C=O) groups excluding carboxylic acids is 1. The lowest BCUT2D eigenvalue weighted by Gasteiger charge is -2.28. The van der Waals surface area contributed by atoms with E-state index in [9.17, 15) is 4.79 Å². The van der Waals surface area contributed by atoms with E-state index in [1.54, 1.807) is 18.2 Å². The van der Waals surface area contributed by atoms with E-state index in [4.69, 9.17) is 28.0 Å². The highest BCUT2D eigenvalue weighted by Crippen LogP contribution is 2.27. The third-order valence-corrected chi connectivity index (χ3v) is 4.19. The molecule has 2 amide bonds. The minimum absolute atomic E-state index is 0.106. The predicted molar refractivity (Wildman–Crippen MR) is 88.6 cm³/mol. The summed E-state index contributed by atoms with van der Waals surface area (Å²) in [4.78, 5) is 22.1. The summed E-state index contributed by atoms with van der Waals surface area (Å²) in [7, 11) is 3.91. The van der Waals surface area contributed by atoms with Gasteiger partial charge in [-0.3, -0.25) is 0 Å². The van der Waals surface area contributed by atoms with E-state index in [2.05, 4.69) is 0 Å². The molecule has 1 aliphatic rings. The summed E-state index contributed by atoms with van der Waals surface area (Å²) in [6, 6.07) is 4.87. The number of halogens is 2. The number of benzene rings is 1. The van der Waals surface area contributed by atoms with Crippen molar-refractivity contribution in [2.45, 2.75) is 12.8 Å². The molecule has 1 heterocycles. The first-order valence-corrected chi connectivity index (χ1v) is 8.07. The number of rotatable bonds is 5. The van der Waals surface area contributed by atoms with Gasteiger partial charge in [0.05, 0.1) is 16.6 Å². The Morgan fingerprint density at radius 1 is 1.18 bits per heavy atom. The Morgan fingerprint density at radius 3 is 2.45 bits per heavy atom. The van der Waals surface area contributed by atoms with Gasteiger partial charge in [0.15, 0.2) is 5.75 Å². The third-order valence-electron chi connectivity index (χ3n) is 3.45. The molecule has 0 bridgehead atoms. The molecule has 2 rings (SSSR count). The summed E-state index contributed by atoms with van der Waals surface area (Å²) in [6.45, 7) is 2.74. The van der Waals surface area contributed by atoms with Crippen LogP contribution in [0.25, 0.3) is 0 Å². The van der Waals surface area contributed by atoms with Gasteiger partial charge < -0.3 is 14.6 Å². The maximum Gasteiger partial charge on any atom is 0.353 e. The van der Waals surface area contributed by atoms with Gasteiger partial charge in [-0.15, -0.1) is 0 Å². The highest BCUT2D eigenvalue weighted by Gasteiger charge is 2.25. The Hall–Kier alpha value is -1.17. The molecule has 22 heavy (non-hydrogen) atoms.